The molecule has 1 unspecified atom stereocenters. The molecular weight excluding hydrogens is 282 g/mol. The van der Waals surface area contributed by atoms with Crippen molar-refractivity contribution in [1.29, 1.82) is 0 Å². The van der Waals surface area contributed by atoms with Crippen LogP contribution in [0.25, 0.3) is 0 Å². The van der Waals surface area contributed by atoms with Crippen LogP contribution in [-0.4, -0.2) is 7.05 Å². The maximum atomic E-state index is 6.27. The van der Waals surface area contributed by atoms with E-state index in [4.69, 9.17) is 16.3 Å². The van der Waals surface area contributed by atoms with Crippen LogP contribution in [0.2, 0.25) is 5.02 Å². The Kier molecular flexibility index (Phi) is 4.18. The SMILES string of the molecule is CNC1CCc2c(OCc3ccc(C)cc3Cl)cccc21. The zero-order valence-corrected chi connectivity index (χ0v) is 13.2. The molecule has 0 saturated heterocycles. The van der Waals surface area contributed by atoms with E-state index in [0.29, 0.717) is 12.6 Å². The van der Waals surface area contributed by atoms with Gasteiger partial charge in [0.15, 0.2) is 0 Å². The predicted molar refractivity (Wildman–Crippen MR) is 87.1 cm³/mol. The first kappa shape index (κ1) is 14.4. The highest BCUT2D eigenvalue weighted by Gasteiger charge is 2.23. The van der Waals surface area contributed by atoms with Crippen molar-refractivity contribution in [2.24, 2.45) is 0 Å². The number of fused-ring (bicyclic) bond motifs is 1. The molecule has 0 aliphatic heterocycles. The summed E-state index contributed by atoms with van der Waals surface area (Å²) in [6, 6.07) is 12.8. The van der Waals surface area contributed by atoms with Crippen LogP contribution >= 0.6 is 11.6 Å². The van der Waals surface area contributed by atoms with Crippen LogP contribution in [-0.2, 0) is 13.0 Å². The van der Waals surface area contributed by atoms with Crippen molar-refractivity contribution >= 4 is 11.6 Å². The molecule has 0 spiro atoms. The highest BCUT2D eigenvalue weighted by Crippen LogP contribution is 2.37. The first-order chi connectivity index (χ1) is 10.2. The summed E-state index contributed by atoms with van der Waals surface area (Å²) < 4.78 is 6.04. The number of benzene rings is 2. The first-order valence-corrected chi connectivity index (χ1v) is 7.73. The summed E-state index contributed by atoms with van der Waals surface area (Å²) in [7, 11) is 2.01. The van der Waals surface area contributed by atoms with E-state index in [-0.39, 0.29) is 0 Å². The van der Waals surface area contributed by atoms with E-state index in [9.17, 15) is 0 Å². The molecule has 110 valence electrons. The summed E-state index contributed by atoms with van der Waals surface area (Å²) >= 11 is 6.27. The lowest BCUT2D eigenvalue weighted by Gasteiger charge is -2.14. The summed E-state index contributed by atoms with van der Waals surface area (Å²) in [5.41, 5.74) is 4.90. The quantitative estimate of drug-likeness (QED) is 0.902. The highest BCUT2D eigenvalue weighted by molar-refractivity contribution is 6.31. The van der Waals surface area contributed by atoms with Crippen molar-refractivity contribution < 1.29 is 4.74 Å². The fourth-order valence-electron chi connectivity index (χ4n) is 2.98. The molecule has 0 radical (unpaired) electrons. The molecule has 3 rings (SSSR count). The smallest absolute Gasteiger partial charge is 0.123 e. The second-order valence-corrected chi connectivity index (χ2v) is 5.99. The average Bonchev–Trinajstić information content (AvgIpc) is 2.90. The Morgan fingerprint density at radius 2 is 2.14 bits per heavy atom. The fraction of sp³-hybridized carbons (Fsp3) is 0.333. The molecule has 1 N–H and O–H groups in total. The van der Waals surface area contributed by atoms with Gasteiger partial charge in [0.2, 0.25) is 0 Å². The standard InChI is InChI=1S/C18H20ClNO/c1-12-6-7-13(16(19)10-12)11-21-18-5-3-4-14-15(18)8-9-17(14)20-2/h3-7,10,17,20H,8-9,11H2,1-2H3. The van der Waals surface area contributed by atoms with E-state index in [2.05, 4.69) is 29.6 Å². The molecule has 0 fully saturated rings. The minimum Gasteiger partial charge on any atom is -0.489 e. The van der Waals surface area contributed by atoms with Gasteiger partial charge in [-0.15, -0.1) is 0 Å². The van der Waals surface area contributed by atoms with Crippen LogP contribution in [0, 0.1) is 6.92 Å². The van der Waals surface area contributed by atoms with Crippen LogP contribution in [0.4, 0.5) is 0 Å². The molecule has 2 nitrogen and oxygen atoms in total. The lowest BCUT2D eigenvalue weighted by atomic mass is 10.1. The number of rotatable bonds is 4. The second kappa shape index (κ2) is 6.08. The van der Waals surface area contributed by atoms with E-state index >= 15 is 0 Å². The number of hydrogen-bond donors (Lipinski definition) is 1. The van der Waals surface area contributed by atoms with Crippen LogP contribution in [0.1, 0.15) is 34.7 Å². The van der Waals surface area contributed by atoms with Crippen LogP contribution < -0.4 is 10.1 Å². The Morgan fingerprint density at radius 1 is 1.29 bits per heavy atom. The average molecular weight is 302 g/mol. The first-order valence-electron chi connectivity index (χ1n) is 7.36. The topological polar surface area (TPSA) is 21.3 Å². The van der Waals surface area contributed by atoms with Gasteiger partial charge in [-0.2, -0.15) is 0 Å². The van der Waals surface area contributed by atoms with Gasteiger partial charge in [0.05, 0.1) is 0 Å². The van der Waals surface area contributed by atoms with E-state index in [1.165, 1.54) is 16.7 Å². The maximum Gasteiger partial charge on any atom is 0.123 e. The van der Waals surface area contributed by atoms with Gasteiger partial charge in [-0.1, -0.05) is 35.9 Å². The van der Waals surface area contributed by atoms with Gasteiger partial charge in [-0.05, 0) is 55.6 Å². The molecule has 2 aromatic rings. The van der Waals surface area contributed by atoms with Crippen molar-refractivity contribution in [3.05, 3.63) is 63.7 Å². The highest BCUT2D eigenvalue weighted by atomic mass is 35.5. The Hall–Kier alpha value is -1.51. The van der Waals surface area contributed by atoms with E-state index in [0.717, 1.165) is 29.2 Å². The van der Waals surface area contributed by atoms with Crippen LogP contribution in [0.3, 0.4) is 0 Å². The van der Waals surface area contributed by atoms with Gasteiger partial charge in [-0.3, -0.25) is 0 Å². The molecule has 0 saturated carbocycles. The molecule has 0 amide bonds. The second-order valence-electron chi connectivity index (χ2n) is 5.59. The van der Waals surface area contributed by atoms with Crippen molar-refractivity contribution in [1.82, 2.24) is 5.32 Å². The molecule has 2 aromatic carbocycles. The fourth-order valence-corrected chi connectivity index (χ4v) is 3.27. The predicted octanol–water partition coefficient (Wildman–Crippen LogP) is 4.43. The maximum absolute atomic E-state index is 6.27. The van der Waals surface area contributed by atoms with Gasteiger partial charge in [0, 0.05) is 16.6 Å². The van der Waals surface area contributed by atoms with E-state index in [1.54, 1.807) is 0 Å². The van der Waals surface area contributed by atoms with E-state index in [1.807, 2.05) is 26.1 Å². The Balaban J connectivity index is 1.79. The summed E-state index contributed by atoms with van der Waals surface area (Å²) in [6.45, 7) is 2.55. The Morgan fingerprint density at radius 3 is 2.90 bits per heavy atom. The lowest BCUT2D eigenvalue weighted by Crippen LogP contribution is -2.12. The normalized spacial score (nSPS) is 16.8. The molecular formula is C18H20ClNO. The molecule has 0 aromatic heterocycles. The van der Waals surface area contributed by atoms with Crippen molar-refractivity contribution in [2.45, 2.75) is 32.4 Å². The summed E-state index contributed by atoms with van der Waals surface area (Å²) in [5, 5.41) is 4.13. The minimum atomic E-state index is 0.450. The van der Waals surface area contributed by atoms with Crippen molar-refractivity contribution in [3.63, 3.8) is 0 Å². The van der Waals surface area contributed by atoms with Gasteiger partial charge in [-0.25, -0.2) is 0 Å². The number of hydrogen-bond acceptors (Lipinski definition) is 2. The molecule has 1 atom stereocenters. The minimum absolute atomic E-state index is 0.450. The third-order valence-corrected chi connectivity index (χ3v) is 4.52. The van der Waals surface area contributed by atoms with Crippen LogP contribution in [0.5, 0.6) is 5.75 Å². The van der Waals surface area contributed by atoms with Gasteiger partial charge in [0.25, 0.3) is 0 Å². The Labute approximate surface area is 131 Å². The number of ether oxygens (including phenoxy) is 1. The zero-order chi connectivity index (χ0) is 14.8. The molecule has 1 aliphatic carbocycles. The molecule has 0 heterocycles. The van der Waals surface area contributed by atoms with Crippen molar-refractivity contribution in [3.8, 4) is 5.75 Å². The molecule has 21 heavy (non-hydrogen) atoms. The lowest BCUT2D eigenvalue weighted by molar-refractivity contribution is 0.303. The monoisotopic (exact) mass is 301 g/mol. The van der Waals surface area contributed by atoms with E-state index < -0.39 is 0 Å². The van der Waals surface area contributed by atoms with Crippen LogP contribution in [0.15, 0.2) is 36.4 Å². The zero-order valence-electron chi connectivity index (χ0n) is 12.4. The largest absolute Gasteiger partial charge is 0.489 e. The van der Waals surface area contributed by atoms with Gasteiger partial charge < -0.3 is 10.1 Å². The Bertz CT molecular complexity index is 654. The summed E-state index contributed by atoms with van der Waals surface area (Å²) in [6.07, 6.45) is 2.20. The van der Waals surface area contributed by atoms with Gasteiger partial charge in [0.1, 0.15) is 12.4 Å². The summed E-state index contributed by atoms with van der Waals surface area (Å²) in [5.74, 6) is 0.988. The molecule has 1 aliphatic rings. The molecule has 3 heteroatoms. The number of halogens is 1. The van der Waals surface area contributed by atoms with Gasteiger partial charge >= 0.3 is 0 Å². The third-order valence-electron chi connectivity index (χ3n) is 4.17. The van der Waals surface area contributed by atoms with Crippen molar-refractivity contribution in [2.75, 3.05) is 7.05 Å². The number of aryl methyl sites for hydroxylation is 1. The third kappa shape index (κ3) is 2.92. The molecule has 0 bridgehead atoms. The number of nitrogens with one attached hydrogen (secondary N) is 1. The summed E-state index contributed by atoms with van der Waals surface area (Å²) in [4.78, 5) is 0.